The smallest absolute Gasteiger partial charge is 0.246 e. The summed E-state index contributed by atoms with van der Waals surface area (Å²) >= 11 is 0. The molecular weight excluding hydrogens is 342 g/mol. The highest BCUT2D eigenvalue weighted by atomic mass is 32.2. The van der Waals surface area contributed by atoms with E-state index in [4.69, 9.17) is 4.74 Å². The molecule has 25 heavy (non-hydrogen) atoms. The van der Waals surface area contributed by atoms with E-state index in [1.165, 1.54) is 30.3 Å². The first-order chi connectivity index (χ1) is 12.0. The van der Waals surface area contributed by atoms with Gasteiger partial charge in [0.25, 0.3) is 0 Å². The molecule has 2 N–H and O–H groups in total. The van der Waals surface area contributed by atoms with Crippen LogP contribution in [0, 0.1) is 5.92 Å². The monoisotopic (exact) mass is 367 g/mol. The van der Waals surface area contributed by atoms with Crippen molar-refractivity contribution in [2.24, 2.45) is 5.92 Å². The Morgan fingerprint density at radius 1 is 1.28 bits per heavy atom. The van der Waals surface area contributed by atoms with Gasteiger partial charge in [0.05, 0.1) is 13.7 Å². The topological polar surface area (TPSA) is 87.7 Å². The second-order valence-electron chi connectivity index (χ2n) is 6.60. The van der Waals surface area contributed by atoms with Gasteiger partial charge in [0.1, 0.15) is 10.6 Å². The van der Waals surface area contributed by atoms with E-state index in [-0.39, 0.29) is 23.1 Å². The van der Waals surface area contributed by atoms with Crippen LogP contribution in [-0.2, 0) is 14.8 Å². The lowest BCUT2D eigenvalue weighted by molar-refractivity contribution is -0.115. The quantitative estimate of drug-likeness (QED) is 0.725. The summed E-state index contributed by atoms with van der Waals surface area (Å²) in [6.45, 7) is 2.18. The molecule has 8 heteroatoms. The first-order valence-electron chi connectivity index (χ1n) is 8.69. The maximum Gasteiger partial charge on any atom is 0.246 e. The van der Waals surface area contributed by atoms with Gasteiger partial charge in [0, 0.05) is 24.8 Å². The lowest BCUT2D eigenvalue weighted by atomic mass is 10.3. The van der Waals surface area contributed by atoms with Gasteiger partial charge in [0.15, 0.2) is 0 Å². The minimum Gasteiger partial charge on any atom is -0.495 e. The number of benzene rings is 1. The summed E-state index contributed by atoms with van der Waals surface area (Å²) in [4.78, 5) is 12.1. The van der Waals surface area contributed by atoms with Crippen molar-refractivity contribution in [3.05, 3.63) is 18.2 Å². The van der Waals surface area contributed by atoms with E-state index < -0.39 is 10.0 Å². The van der Waals surface area contributed by atoms with E-state index in [1.807, 2.05) is 0 Å². The standard InChI is InChI=1S/C17H25N3O4S/c1-24-15-10-14(19-17(21)12-18-11-13-4-5-13)6-7-16(15)25(22,23)20-8-2-3-9-20/h6-7,10,13,18H,2-5,8-9,11-12H2,1H3,(H,19,21). The number of nitrogens with one attached hydrogen (secondary N) is 2. The minimum atomic E-state index is -3.56. The fourth-order valence-electron chi connectivity index (χ4n) is 2.94. The molecule has 1 aromatic carbocycles. The Hall–Kier alpha value is -1.64. The van der Waals surface area contributed by atoms with Gasteiger partial charge in [0.2, 0.25) is 15.9 Å². The maximum atomic E-state index is 12.7. The van der Waals surface area contributed by atoms with E-state index in [0.29, 0.717) is 24.7 Å². The Labute approximate surface area is 148 Å². The van der Waals surface area contributed by atoms with Gasteiger partial charge in [-0.25, -0.2) is 8.42 Å². The summed E-state index contributed by atoms with van der Waals surface area (Å²) in [7, 11) is -2.13. The normalized spacial score (nSPS) is 18.3. The fraction of sp³-hybridized carbons (Fsp3) is 0.588. The molecule has 138 valence electrons. The molecule has 0 bridgehead atoms. The van der Waals surface area contributed by atoms with Gasteiger partial charge in [-0.05, 0) is 50.3 Å². The van der Waals surface area contributed by atoms with Gasteiger partial charge < -0.3 is 15.4 Å². The molecule has 7 nitrogen and oxygen atoms in total. The van der Waals surface area contributed by atoms with Gasteiger partial charge >= 0.3 is 0 Å². The van der Waals surface area contributed by atoms with Crippen molar-refractivity contribution in [3.63, 3.8) is 0 Å². The molecule has 0 aromatic heterocycles. The van der Waals surface area contributed by atoms with Crippen LogP contribution >= 0.6 is 0 Å². The zero-order valence-corrected chi connectivity index (χ0v) is 15.3. The molecule has 2 aliphatic rings. The zero-order valence-electron chi connectivity index (χ0n) is 14.5. The molecule has 1 amide bonds. The van der Waals surface area contributed by atoms with Crippen molar-refractivity contribution in [1.29, 1.82) is 0 Å². The fourth-order valence-corrected chi connectivity index (χ4v) is 4.60. The minimum absolute atomic E-state index is 0.141. The average molecular weight is 367 g/mol. The number of methoxy groups -OCH3 is 1. The summed E-state index contributed by atoms with van der Waals surface area (Å²) < 4.78 is 32.2. The van der Waals surface area contributed by atoms with Crippen LogP contribution < -0.4 is 15.4 Å². The molecule has 0 spiro atoms. The number of sulfonamides is 1. The molecule has 1 aliphatic heterocycles. The molecule has 0 radical (unpaired) electrons. The van der Waals surface area contributed by atoms with Crippen LogP contribution in [0.2, 0.25) is 0 Å². The van der Waals surface area contributed by atoms with Crippen LogP contribution in [0.4, 0.5) is 5.69 Å². The Kier molecular flexibility index (Phi) is 5.61. The Morgan fingerprint density at radius 2 is 2.00 bits per heavy atom. The van der Waals surface area contributed by atoms with Gasteiger partial charge in [-0.1, -0.05) is 0 Å². The number of carbonyl (C=O) groups is 1. The molecule has 1 heterocycles. The Balaban J connectivity index is 1.67. The molecule has 1 aliphatic carbocycles. The zero-order chi connectivity index (χ0) is 17.9. The summed E-state index contributed by atoms with van der Waals surface area (Å²) in [6, 6.07) is 4.66. The molecule has 2 fully saturated rings. The number of hydrogen-bond donors (Lipinski definition) is 2. The number of hydrogen-bond acceptors (Lipinski definition) is 5. The molecule has 0 unspecified atom stereocenters. The number of nitrogens with zero attached hydrogens (tertiary/aromatic N) is 1. The van der Waals surface area contributed by atoms with Crippen molar-refractivity contribution in [2.75, 3.05) is 38.6 Å². The molecule has 1 saturated carbocycles. The lowest BCUT2D eigenvalue weighted by Gasteiger charge is -2.18. The van der Waals surface area contributed by atoms with Crippen LogP contribution in [0.5, 0.6) is 5.75 Å². The molecular formula is C17H25N3O4S. The molecule has 1 saturated heterocycles. The first kappa shape index (κ1) is 18.2. The van der Waals surface area contributed by atoms with Gasteiger partial charge in [-0.3, -0.25) is 4.79 Å². The van der Waals surface area contributed by atoms with Crippen molar-refractivity contribution in [3.8, 4) is 5.75 Å². The van der Waals surface area contributed by atoms with Crippen molar-refractivity contribution >= 4 is 21.6 Å². The van der Waals surface area contributed by atoms with E-state index >= 15 is 0 Å². The third-order valence-corrected chi connectivity index (χ3v) is 6.48. The van der Waals surface area contributed by atoms with Gasteiger partial charge in [-0.15, -0.1) is 0 Å². The molecule has 1 aromatic rings. The van der Waals surface area contributed by atoms with Crippen molar-refractivity contribution < 1.29 is 17.9 Å². The maximum absolute atomic E-state index is 12.7. The third-order valence-electron chi connectivity index (χ3n) is 4.55. The van der Waals surface area contributed by atoms with E-state index in [2.05, 4.69) is 10.6 Å². The van der Waals surface area contributed by atoms with Crippen LogP contribution in [0.1, 0.15) is 25.7 Å². The predicted octanol–water partition coefficient (Wildman–Crippen LogP) is 1.42. The number of carbonyl (C=O) groups excluding carboxylic acids is 1. The average Bonchev–Trinajstić information content (AvgIpc) is 3.23. The van der Waals surface area contributed by atoms with E-state index in [9.17, 15) is 13.2 Å². The van der Waals surface area contributed by atoms with E-state index in [0.717, 1.165) is 19.4 Å². The van der Waals surface area contributed by atoms with Crippen molar-refractivity contribution in [2.45, 2.75) is 30.6 Å². The summed E-state index contributed by atoms with van der Waals surface area (Å²) in [5.74, 6) is 0.802. The molecule has 3 rings (SSSR count). The Morgan fingerprint density at radius 3 is 2.64 bits per heavy atom. The van der Waals surface area contributed by atoms with Crippen LogP contribution in [0.25, 0.3) is 0 Å². The predicted molar refractivity (Wildman–Crippen MR) is 95.2 cm³/mol. The van der Waals surface area contributed by atoms with E-state index in [1.54, 1.807) is 12.1 Å². The van der Waals surface area contributed by atoms with Crippen LogP contribution in [0.3, 0.4) is 0 Å². The van der Waals surface area contributed by atoms with Gasteiger partial charge in [-0.2, -0.15) is 4.31 Å². The second kappa shape index (κ2) is 7.72. The SMILES string of the molecule is COc1cc(NC(=O)CNCC2CC2)ccc1S(=O)(=O)N1CCCC1. The Bertz CT molecular complexity index is 725. The van der Waals surface area contributed by atoms with Crippen LogP contribution in [-0.4, -0.2) is 51.9 Å². The van der Waals surface area contributed by atoms with Crippen LogP contribution in [0.15, 0.2) is 23.1 Å². The van der Waals surface area contributed by atoms with Crippen molar-refractivity contribution in [1.82, 2.24) is 9.62 Å². The number of anilines is 1. The number of ether oxygens (including phenoxy) is 1. The third kappa shape index (κ3) is 4.50. The highest BCUT2D eigenvalue weighted by molar-refractivity contribution is 7.89. The largest absolute Gasteiger partial charge is 0.495 e. The highest BCUT2D eigenvalue weighted by Gasteiger charge is 2.30. The summed E-state index contributed by atoms with van der Waals surface area (Å²) in [5.41, 5.74) is 0.524. The summed E-state index contributed by atoms with van der Waals surface area (Å²) in [6.07, 6.45) is 4.23. The number of rotatable bonds is 8. The summed E-state index contributed by atoms with van der Waals surface area (Å²) in [5, 5.41) is 5.89. The second-order valence-corrected chi connectivity index (χ2v) is 8.51. The highest BCUT2D eigenvalue weighted by Crippen LogP contribution is 2.31. The molecule has 0 atom stereocenters. The first-order valence-corrected chi connectivity index (χ1v) is 10.1. The lowest BCUT2D eigenvalue weighted by Crippen LogP contribution is -2.29. The number of amides is 1.